The van der Waals surface area contributed by atoms with Crippen LogP contribution in [0, 0.1) is 0 Å². The largest absolute Gasteiger partial charge is 0.506 e. The van der Waals surface area contributed by atoms with Crippen LogP contribution in [0.4, 0.5) is 5.69 Å². The quantitative estimate of drug-likeness (QED) is 0.247. The number of hydrogen-bond acceptors (Lipinski definition) is 4. The van der Waals surface area contributed by atoms with Crippen LogP contribution in [-0.2, 0) is 4.79 Å². The van der Waals surface area contributed by atoms with Crippen molar-refractivity contribution in [3.05, 3.63) is 82.4 Å². The molecule has 0 spiro atoms. The molecule has 0 heterocycles. The number of amides is 2. The molecule has 0 aromatic heterocycles. The van der Waals surface area contributed by atoms with Crippen LogP contribution in [0.2, 0.25) is 5.02 Å². The number of phenols is 1. The second-order valence-corrected chi connectivity index (χ2v) is 7.47. The van der Waals surface area contributed by atoms with Gasteiger partial charge in [0, 0.05) is 27.8 Å². The first kappa shape index (κ1) is 23.0. The molecule has 0 fully saturated rings. The van der Waals surface area contributed by atoms with Crippen molar-refractivity contribution in [1.82, 2.24) is 5.43 Å². The van der Waals surface area contributed by atoms with Gasteiger partial charge in [-0.15, -0.1) is 0 Å². The molecular weight excluding hydrogens is 426 g/mol. The van der Waals surface area contributed by atoms with E-state index in [-0.39, 0.29) is 22.2 Å². The van der Waals surface area contributed by atoms with Gasteiger partial charge in [0.25, 0.3) is 11.8 Å². The molecule has 3 aromatic carbocycles. The maximum atomic E-state index is 12.6. The molecule has 2 amide bonds. The highest BCUT2D eigenvalue weighted by atomic mass is 35.5. The van der Waals surface area contributed by atoms with Crippen LogP contribution in [0.15, 0.2) is 71.3 Å². The first-order valence-electron chi connectivity index (χ1n) is 10.3. The number of rotatable bonds is 7. The molecule has 0 saturated carbocycles. The lowest BCUT2D eigenvalue weighted by molar-refractivity contribution is -0.113. The molecule has 32 heavy (non-hydrogen) atoms. The lowest BCUT2D eigenvalue weighted by Gasteiger charge is -2.12. The molecule has 164 valence electrons. The second-order valence-electron chi connectivity index (χ2n) is 7.06. The van der Waals surface area contributed by atoms with Crippen molar-refractivity contribution in [1.29, 1.82) is 0 Å². The van der Waals surface area contributed by atoms with Gasteiger partial charge in [0.15, 0.2) is 0 Å². The van der Waals surface area contributed by atoms with Gasteiger partial charge in [0.1, 0.15) is 5.75 Å². The number of fused-ring (bicyclic) bond motifs is 1. The zero-order chi connectivity index (χ0) is 23.1. The number of halogens is 1. The summed E-state index contributed by atoms with van der Waals surface area (Å²) in [4.78, 5) is 24.9. The standard InChI is InChI=1S/C25H24ClN3O3/c1-3-7-16(4-2)24(31)28-22-12-10-18(19-8-5-6-9-20(19)22)15-27-29-25(32)17-11-13-23(30)21(26)14-17/h5-15,30H,3-4H2,1-2H3,(H,28,31)(H,29,32). The first-order chi connectivity index (χ1) is 15.4. The summed E-state index contributed by atoms with van der Waals surface area (Å²) in [5.41, 5.74) is 4.97. The van der Waals surface area contributed by atoms with E-state index in [2.05, 4.69) is 15.8 Å². The molecule has 3 rings (SSSR count). The zero-order valence-corrected chi connectivity index (χ0v) is 18.6. The first-order valence-corrected chi connectivity index (χ1v) is 10.7. The van der Waals surface area contributed by atoms with Crippen LogP contribution in [0.25, 0.3) is 10.8 Å². The lowest BCUT2D eigenvalue weighted by Crippen LogP contribution is -2.17. The number of anilines is 1. The van der Waals surface area contributed by atoms with Crippen molar-refractivity contribution < 1.29 is 14.7 Å². The Morgan fingerprint density at radius 1 is 1.06 bits per heavy atom. The average Bonchev–Trinajstić information content (AvgIpc) is 2.80. The lowest BCUT2D eigenvalue weighted by atomic mass is 10.0. The predicted octanol–water partition coefficient (Wildman–Crippen LogP) is 5.65. The molecule has 3 N–H and O–H groups in total. The minimum Gasteiger partial charge on any atom is -0.506 e. The average molecular weight is 450 g/mol. The second kappa shape index (κ2) is 10.6. The molecule has 0 aliphatic carbocycles. The molecular formula is C25H24ClN3O3. The minimum atomic E-state index is -0.453. The third kappa shape index (κ3) is 5.34. The summed E-state index contributed by atoms with van der Waals surface area (Å²) in [6, 6.07) is 15.5. The maximum Gasteiger partial charge on any atom is 0.271 e. The van der Waals surface area contributed by atoms with E-state index >= 15 is 0 Å². The van der Waals surface area contributed by atoms with Crippen LogP contribution in [-0.4, -0.2) is 23.1 Å². The zero-order valence-electron chi connectivity index (χ0n) is 17.9. The van der Waals surface area contributed by atoms with Crippen LogP contribution in [0.1, 0.15) is 42.6 Å². The Kier molecular flexibility index (Phi) is 7.63. The van der Waals surface area contributed by atoms with Gasteiger partial charge < -0.3 is 10.4 Å². The molecule has 3 aromatic rings. The summed E-state index contributed by atoms with van der Waals surface area (Å²) >= 11 is 5.85. The van der Waals surface area contributed by atoms with Gasteiger partial charge >= 0.3 is 0 Å². The SMILES string of the molecule is CCC=C(CC)C(=O)Nc1ccc(C=NNC(=O)c2ccc(O)c(Cl)c2)c2ccccc12. The van der Waals surface area contributed by atoms with Crippen molar-refractivity contribution >= 4 is 46.1 Å². The van der Waals surface area contributed by atoms with E-state index in [9.17, 15) is 14.7 Å². The summed E-state index contributed by atoms with van der Waals surface area (Å²) in [5.74, 6) is -0.659. The molecule has 7 heteroatoms. The monoisotopic (exact) mass is 449 g/mol. The third-order valence-electron chi connectivity index (χ3n) is 4.91. The fourth-order valence-corrected chi connectivity index (χ4v) is 3.44. The number of nitrogens with zero attached hydrogens (tertiary/aromatic N) is 1. The van der Waals surface area contributed by atoms with Gasteiger partial charge in [0.05, 0.1) is 11.2 Å². The van der Waals surface area contributed by atoms with E-state index in [0.29, 0.717) is 12.1 Å². The van der Waals surface area contributed by atoms with Gasteiger partial charge in [0.2, 0.25) is 0 Å². The molecule has 0 aliphatic heterocycles. The fourth-order valence-electron chi connectivity index (χ4n) is 3.26. The van der Waals surface area contributed by atoms with Crippen LogP contribution in [0.5, 0.6) is 5.75 Å². The Morgan fingerprint density at radius 3 is 2.50 bits per heavy atom. The van der Waals surface area contributed by atoms with Gasteiger partial charge in [-0.05, 0) is 42.5 Å². The fraction of sp³-hybridized carbons (Fsp3) is 0.160. The van der Waals surface area contributed by atoms with E-state index in [1.165, 1.54) is 18.2 Å². The van der Waals surface area contributed by atoms with Gasteiger partial charge in [-0.25, -0.2) is 5.43 Å². The Bertz CT molecular complexity index is 1220. The summed E-state index contributed by atoms with van der Waals surface area (Å²) in [6.07, 6.45) is 4.94. The van der Waals surface area contributed by atoms with E-state index in [1.807, 2.05) is 56.3 Å². The Balaban J connectivity index is 1.82. The number of allylic oxidation sites excluding steroid dienone is 1. The van der Waals surface area contributed by atoms with Gasteiger partial charge in [-0.2, -0.15) is 5.10 Å². The number of carbonyl (C=O) groups is 2. The number of hydrazone groups is 1. The maximum absolute atomic E-state index is 12.6. The number of aromatic hydroxyl groups is 1. The van der Waals surface area contributed by atoms with Crippen LogP contribution < -0.4 is 10.7 Å². The van der Waals surface area contributed by atoms with Crippen molar-refractivity contribution in [2.45, 2.75) is 26.7 Å². The van der Waals surface area contributed by atoms with Crippen LogP contribution in [0.3, 0.4) is 0 Å². The third-order valence-corrected chi connectivity index (χ3v) is 5.21. The molecule has 0 saturated heterocycles. The number of benzene rings is 3. The smallest absolute Gasteiger partial charge is 0.271 e. The van der Waals surface area contributed by atoms with E-state index < -0.39 is 5.91 Å². The highest BCUT2D eigenvalue weighted by Crippen LogP contribution is 2.27. The van der Waals surface area contributed by atoms with E-state index in [4.69, 9.17) is 11.6 Å². The Hall–Kier alpha value is -3.64. The molecule has 0 radical (unpaired) electrons. The minimum absolute atomic E-state index is 0.0882. The predicted molar refractivity (Wildman–Crippen MR) is 129 cm³/mol. The summed E-state index contributed by atoms with van der Waals surface area (Å²) in [5, 5.41) is 18.4. The topological polar surface area (TPSA) is 90.8 Å². The Labute approximate surface area is 191 Å². The number of carbonyl (C=O) groups excluding carboxylic acids is 2. The molecule has 0 atom stereocenters. The van der Waals surface area contributed by atoms with Crippen LogP contribution >= 0.6 is 11.6 Å². The molecule has 0 aliphatic rings. The van der Waals surface area contributed by atoms with Gasteiger partial charge in [-0.1, -0.05) is 61.9 Å². The van der Waals surface area contributed by atoms with E-state index in [0.717, 1.165) is 28.3 Å². The number of nitrogens with one attached hydrogen (secondary N) is 2. The Morgan fingerprint density at radius 2 is 1.81 bits per heavy atom. The summed E-state index contributed by atoms with van der Waals surface area (Å²) < 4.78 is 0. The summed E-state index contributed by atoms with van der Waals surface area (Å²) in [6.45, 7) is 3.96. The number of phenolic OH excluding ortho intramolecular Hbond substituents is 1. The van der Waals surface area contributed by atoms with Gasteiger partial charge in [-0.3, -0.25) is 9.59 Å². The molecule has 0 bridgehead atoms. The van der Waals surface area contributed by atoms with Crippen molar-refractivity contribution in [2.24, 2.45) is 5.10 Å². The van der Waals surface area contributed by atoms with E-state index in [1.54, 1.807) is 6.21 Å². The normalized spacial score (nSPS) is 11.7. The van der Waals surface area contributed by atoms with Crippen molar-refractivity contribution in [3.8, 4) is 5.75 Å². The molecule has 0 unspecified atom stereocenters. The highest BCUT2D eigenvalue weighted by Gasteiger charge is 2.11. The van der Waals surface area contributed by atoms with Crippen molar-refractivity contribution in [3.63, 3.8) is 0 Å². The molecule has 6 nitrogen and oxygen atoms in total. The van der Waals surface area contributed by atoms with Crippen molar-refractivity contribution in [2.75, 3.05) is 5.32 Å². The highest BCUT2D eigenvalue weighted by molar-refractivity contribution is 6.32. The number of hydrogen-bond donors (Lipinski definition) is 3. The summed E-state index contributed by atoms with van der Waals surface area (Å²) in [7, 11) is 0.